The zero-order valence-electron chi connectivity index (χ0n) is 19.2. The normalized spacial score (nSPS) is 18.6. The van der Waals surface area contributed by atoms with Crippen LogP contribution in [0.3, 0.4) is 0 Å². The number of methoxy groups -OCH3 is 1. The van der Waals surface area contributed by atoms with Gasteiger partial charge in [-0.25, -0.2) is 4.79 Å². The third-order valence-electron chi connectivity index (χ3n) is 5.17. The maximum atomic E-state index is 13.0. The van der Waals surface area contributed by atoms with E-state index in [1.165, 1.54) is 7.11 Å². The van der Waals surface area contributed by atoms with E-state index in [-0.39, 0.29) is 30.7 Å². The number of benzene rings is 1. The molecule has 33 heavy (non-hydrogen) atoms. The molecule has 0 radical (unpaired) electrons. The van der Waals surface area contributed by atoms with Gasteiger partial charge in [0.15, 0.2) is 0 Å². The Labute approximate surface area is 197 Å². The van der Waals surface area contributed by atoms with Crippen LogP contribution in [0.1, 0.15) is 37.7 Å². The van der Waals surface area contributed by atoms with Crippen molar-refractivity contribution < 1.29 is 23.9 Å². The second-order valence-electron chi connectivity index (χ2n) is 8.96. The maximum absolute atomic E-state index is 13.0. The summed E-state index contributed by atoms with van der Waals surface area (Å²) in [6.45, 7) is 5.87. The Morgan fingerprint density at radius 3 is 2.61 bits per heavy atom. The Bertz CT molecular complexity index is 1040. The number of hydrogen-bond donors (Lipinski definition) is 2. The first-order valence-electron chi connectivity index (χ1n) is 10.7. The monoisotopic (exact) mass is 476 g/mol. The number of hydrogen-bond acceptors (Lipinski definition) is 6. The third-order valence-corrected chi connectivity index (χ3v) is 5.40. The molecule has 1 aliphatic rings. The second kappa shape index (κ2) is 10.4. The van der Waals surface area contributed by atoms with Crippen LogP contribution in [0.5, 0.6) is 0 Å². The van der Waals surface area contributed by atoms with Crippen molar-refractivity contribution in [2.75, 3.05) is 26.8 Å². The quantitative estimate of drug-likeness (QED) is 0.686. The molecule has 0 spiro atoms. The SMILES string of the molecule is COCC(=O)N1CCC(NC(=O)c2cc3ccc(Cl)cc3cn2)C(NC(=O)OC(C)(C)C)C1. The molecule has 1 fully saturated rings. The number of halogens is 1. The number of carbonyl (C=O) groups excluding carboxylic acids is 3. The lowest BCUT2D eigenvalue weighted by Crippen LogP contribution is -2.62. The van der Waals surface area contributed by atoms with E-state index in [1.807, 2.05) is 6.07 Å². The van der Waals surface area contributed by atoms with Gasteiger partial charge >= 0.3 is 6.09 Å². The molecule has 1 aromatic heterocycles. The number of nitrogens with one attached hydrogen (secondary N) is 2. The fraction of sp³-hybridized carbons (Fsp3) is 0.478. The molecule has 178 valence electrons. The highest BCUT2D eigenvalue weighted by Crippen LogP contribution is 2.20. The van der Waals surface area contributed by atoms with Gasteiger partial charge in [0.05, 0.1) is 12.1 Å². The molecule has 0 saturated carbocycles. The van der Waals surface area contributed by atoms with Gasteiger partial charge in [0.1, 0.15) is 17.9 Å². The molecule has 2 aromatic rings. The van der Waals surface area contributed by atoms with Gasteiger partial charge in [-0.05, 0) is 50.8 Å². The van der Waals surface area contributed by atoms with Crippen molar-refractivity contribution in [1.82, 2.24) is 20.5 Å². The molecule has 2 unspecified atom stereocenters. The topological polar surface area (TPSA) is 110 Å². The van der Waals surface area contributed by atoms with Gasteiger partial charge in [-0.1, -0.05) is 17.7 Å². The van der Waals surface area contributed by atoms with Crippen LogP contribution in [0.4, 0.5) is 4.79 Å². The Morgan fingerprint density at radius 2 is 1.91 bits per heavy atom. The lowest BCUT2D eigenvalue weighted by Gasteiger charge is -2.39. The van der Waals surface area contributed by atoms with Crippen LogP contribution in [0.25, 0.3) is 10.8 Å². The van der Waals surface area contributed by atoms with Crippen LogP contribution in [0.2, 0.25) is 5.02 Å². The van der Waals surface area contributed by atoms with Crippen molar-refractivity contribution in [3.63, 3.8) is 0 Å². The van der Waals surface area contributed by atoms with Crippen LogP contribution >= 0.6 is 11.6 Å². The Balaban J connectivity index is 1.75. The lowest BCUT2D eigenvalue weighted by molar-refractivity contribution is -0.136. The summed E-state index contributed by atoms with van der Waals surface area (Å²) in [4.78, 5) is 43.5. The van der Waals surface area contributed by atoms with Crippen molar-refractivity contribution in [1.29, 1.82) is 0 Å². The van der Waals surface area contributed by atoms with Crippen LogP contribution in [-0.4, -0.2) is 72.3 Å². The molecular formula is C23H29ClN4O5. The van der Waals surface area contributed by atoms with Gasteiger partial charge in [0, 0.05) is 36.8 Å². The van der Waals surface area contributed by atoms with E-state index in [4.69, 9.17) is 21.1 Å². The van der Waals surface area contributed by atoms with E-state index in [0.29, 0.717) is 18.0 Å². The van der Waals surface area contributed by atoms with Crippen LogP contribution in [-0.2, 0) is 14.3 Å². The largest absolute Gasteiger partial charge is 0.444 e. The van der Waals surface area contributed by atoms with Gasteiger partial charge in [-0.15, -0.1) is 0 Å². The summed E-state index contributed by atoms with van der Waals surface area (Å²) in [7, 11) is 1.45. The van der Waals surface area contributed by atoms with E-state index >= 15 is 0 Å². The number of aromatic nitrogens is 1. The molecule has 3 rings (SSSR count). The summed E-state index contributed by atoms with van der Waals surface area (Å²) in [6.07, 6.45) is 1.43. The minimum atomic E-state index is -0.680. The molecule has 0 aliphatic carbocycles. The van der Waals surface area contributed by atoms with Gasteiger partial charge in [-0.2, -0.15) is 0 Å². The molecule has 1 saturated heterocycles. The predicted molar refractivity (Wildman–Crippen MR) is 124 cm³/mol. The molecule has 2 N–H and O–H groups in total. The molecule has 10 heteroatoms. The summed E-state index contributed by atoms with van der Waals surface area (Å²) in [6, 6.07) is 6.08. The second-order valence-corrected chi connectivity index (χ2v) is 9.39. The maximum Gasteiger partial charge on any atom is 0.408 e. The number of ether oxygens (including phenoxy) is 2. The highest BCUT2D eigenvalue weighted by atomic mass is 35.5. The molecule has 0 bridgehead atoms. The highest BCUT2D eigenvalue weighted by molar-refractivity contribution is 6.31. The summed E-state index contributed by atoms with van der Waals surface area (Å²) < 4.78 is 10.3. The number of likely N-dealkylation sites (tertiary alicyclic amines) is 1. The number of amides is 3. The zero-order valence-corrected chi connectivity index (χ0v) is 19.9. The highest BCUT2D eigenvalue weighted by Gasteiger charge is 2.34. The number of rotatable bonds is 5. The molecule has 1 aliphatic heterocycles. The standard InChI is InChI=1S/C23H29ClN4O5/c1-23(2,3)33-22(31)27-19-12-28(20(29)13-32-4)8-7-17(19)26-21(30)18-10-14-5-6-16(24)9-15(14)11-25-18/h5-6,9-11,17,19H,7-8,12-13H2,1-4H3,(H,26,30)(H,27,31). The minimum absolute atomic E-state index is 0.0544. The van der Waals surface area contributed by atoms with Gasteiger partial charge < -0.3 is 25.0 Å². The number of fused-ring (bicyclic) bond motifs is 1. The third kappa shape index (κ3) is 6.79. The van der Waals surface area contributed by atoms with E-state index in [0.717, 1.165) is 10.8 Å². The average molecular weight is 477 g/mol. The van der Waals surface area contributed by atoms with Crippen molar-refractivity contribution >= 4 is 40.3 Å². The molecule has 9 nitrogen and oxygen atoms in total. The van der Waals surface area contributed by atoms with E-state index in [2.05, 4.69) is 15.6 Å². The number of piperidine rings is 1. The van der Waals surface area contributed by atoms with Crippen LogP contribution < -0.4 is 10.6 Å². The van der Waals surface area contributed by atoms with Crippen molar-refractivity contribution in [2.45, 2.75) is 44.9 Å². The van der Waals surface area contributed by atoms with E-state index in [1.54, 1.807) is 50.1 Å². The average Bonchev–Trinajstić information content (AvgIpc) is 2.73. The first-order chi connectivity index (χ1) is 15.6. The summed E-state index contributed by atoms with van der Waals surface area (Å²) in [5, 5.41) is 8.01. The number of pyridine rings is 1. The van der Waals surface area contributed by atoms with Crippen LogP contribution in [0.15, 0.2) is 30.5 Å². The van der Waals surface area contributed by atoms with E-state index < -0.39 is 23.8 Å². The Kier molecular flexibility index (Phi) is 7.76. The summed E-state index contributed by atoms with van der Waals surface area (Å²) >= 11 is 6.01. The number of alkyl carbamates (subject to hydrolysis) is 1. The van der Waals surface area contributed by atoms with Crippen molar-refractivity contribution in [2.24, 2.45) is 0 Å². The molecule has 2 heterocycles. The first-order valence-corrected chi connectivity index (χ1v) is 11.1. The smallest absolute Gasteiger partial charge is 0.408 e. The van der Waals surface area contributed by atoms with Crippen LogP contribution in [0, 0.1) is 0 Å². The Hall–Kier alpha value is -2.91. The molecule has 3 amide bonds. The number of nitrogens with zero attached hydrogens (tertiary/aromatic N) is 2. The number of carbonyl (C=O) groups is 3. The fourth-order valence-corrected chi connectivity index (χ4v) is 3.83. The predicted octanol–water partition coefficient (Wildman–Crippen LogP) is 2.76. The molecule has 2 atom stereocenters. The fourth-order valence-electron chi connectivity index (χ4n) is 3.65. The zero-order chi connectivity index (χ0) is 24.2. The molecular weight excluding hydrogens is 448 g/mol. The minimum Gasteiger partial charge on any atom is -0.444 e. The van der Waals surface area contributed by atoms with E-state index in [9.17, 15) is 14.4 Å². The summed E-state index contributed by atoms with van der Waals surface area (Å²) in [5.41, 5.74) is -0.431. The van der Waals surface area contributed by atoms with Gasteiger partial charge in [0.2, 0.25) is 5.91 Å². The Morgan fingerprint density at radius 1 is 1.15 bits per heavy atom. The van der Waals surface area contributed by atoms with Gasteiger partial charge in [0.25, 0.3) is 5.91 Å². The molecule has 1 aromatic carbocycles. The van der Waals surface area contributed by atoms with Crippen molar-refractivity contribution in [3.8, 4) is 0 Å². The van der Waals surface area contributed by atoms with Gasteiger partial charge in [-0.3, -0.25) is 14.6 Å². The first kappa shape index (κ1) is 24.7. The lowest BCUT2D eigenvalue weighted by atomic mass is 9.98. The summed E-state index contributed by atoms with van der Waals surface area (Å²) in [5.74, 6) is -0.558. The van der Waals surface area contributed by atoms with Crippen molar-refractivity contribution in [3.05, 3.63) is 41.2 Å².